The predicted molar refractivity (Wildman–Crippen MR) is 65.4 cm³/mol. The van der Waals surface area contributed by atoms with E-state index in [0.717, 1.165) is 0 Å². The molecule has 4 heteroatoms. The number of aliphatic hydroxyl groups excluding tert-OH is 1. The van der Waals surface area contributed by atoms with E-state index in [2.05, 4.69) is 0 Å². The second-order valence-corrected chi connectivity index (χ2v) is 6.29. The molecule has 3 rings (SSSR count). The molecule has 0 aromatic rings. The fourth-order valence-electron chi connectivity index (χ4n) is 3.45. The summed E-state index contributed by atoms with van der Waals surface area (Å²) in [6.45, 7) is 3.85. The van der Waals surface area contributed by atoms with E-state index in [1.54, 1.807) is 0 Å². The molecule has 2 aliphatic carbocycles. The van der Waals surface area contributed by atoms with Crippen LogP contribution in [0.3, 0.4) is 0 Å². The maximum atomic E-state index is 12.4. The lowest BCUT2D eigenvalue weighted by Gasteiger charge is -2.52. The molecule has 2 fully saturated rings. The highest BCUT2D eigenvalue weighted by atomic mass is 16.3. The molecular formula is C14H19NO3. The Balaban J connectivity index is 1.87. The molecule has 0 aromatic heterocycles. The fraction of sp³-hybridized carbons (Fsp3) is 0.714. The molecule has 0 aromatic carbocycles. The van der Waals surface area contributed by atoms with Crippen molar-refractivity contribution in [2.45, 2.75) is 45.3 Å². The molecule has 1 saturated carbocycles. The van der Waals surface area contributed by atoms with Gasteiger partial charge in [0.25, 0.3) is 0 Å². The minimum Gasteiger partial charge on any atom is -0.392 e. The number of aliphatic hydroxyl groups is 1. The molecule has 1 N–H and O–H groups in total. The van der Waals surface area contributed by atoms with E-state index < -0.39 is 6.10 Å². The summed E-state index contributed by atoms with van der Waals surface area (Å²) in [5.74, 6) is -0.370. The lowest BCUT2D eigenvalue weighted by Crippen LogP contribution is -2.62. The zero-order valence-electron chi connectivity index (χ0n) is 10.8. The Kier molecular flexibility index (Phi) is 2.43. The van der Waals surface area contributed by atoms with Crippen molar-refractivity contribution in [2.24, 2.45) is 17.3 Å². The van der Waals surface area contributed by atoms with Crippen LogP contribution in [0.4, 0.5) is 0 Å². The fourth-order valence-corrected chi connectivity index (χ4v) is 3.45. The van der Waals surface area contributed by atoms with Crippen LogP contribution in [0.15, 0.2) is 12.2 Å². The second kappa shape index (κ2) is 3.67. The summed E-state index contributed by atoms with van der Waals surface area (Å²) in [5.41, 5.74) is -0.369. The molecule has 1 aliphatic heterocycles. The van der Waals surface area contributed by atoms with Crippen molar-refractivity contribution in [1.82, 2.24) is 4.90 Å². The Bertz CT molecular complexity index is 414. The second-order valence-electron chi connectivity index (χ2n) is 6.29. The van der Waals surface area contributed by atoms with Crippen LogP contribution in [-0.4, -0.2) is 34.0 Å². The number of amides is 2. The Morgan fingerprint density at radius 1 is 1.17 bits per heavy atom. The number of allylic oxidation sites excluding steroid dienone is 2. The van der Waals surface area contributed by atoms with Crippen molar-refractivity contribution in [3.8, 4) is 0 Å². The zero-order chi connectivity index (χ0) is 13.1. The first-order valence-corrected chi connectivity index (χ1v) is 6.64. The third kappa shape index (κ3) is 1.35. The number of carbonyl (C=O) groups is 2. The van der Waals surface area contributed by atoms with E-state index in [1.165, 1.54) is 4.90 Å². The topological polar surface area (TPSA) is 57.6 Å². The number of likely N-dealkylation sites (tertiary alicyclic amines) is 1. The van der Waals surface area contributed by atoms with E-state index in [-0.39, 0.29) is 35.1 Å². The summed E-state index contributed by atoms with van der Waals surface area (Å²) in [4.78, 5) is 26.2. The van der Waals surface area contributed by atoms with E-state index >= 15 is 0 Å². The molecular weight excluding hydrogens is 230 g/mol. The molecule has 2 amide bonds. The van der Waals surface area contributed by atoms with Gasteiger partial charge in [-0.15, -0.1) is 0 Å². The number of nitrogens with zero attached hydrogens (tertiary/aromatic N) is 1. The van der Waals surface area contributed by atoms with Crippen LogP contribution >= 0.6 is 0 Å². The first kappa shape index (κ1) is 11.9. The van der Waals surface area contributed by atoms with Gasteiger partial charge >= 0.3 is 0 Å². The number of hydrogen-bond acceptors (Lipinski definition) is 3. The smallest absolute Gasteiger partial charge is 0.233 e. The van der Waals surface area contributed by atoms with Gasteiger partial charge in [0.1, 0.15) is 0 Å². The molecule has 1 saturated heterocycles. The highest BCUT2D eigenvalue weighted by Gasteiger charge is 2.58. The molecule has 18 heavy (non-hydrogen) atoms. The van der Waals surface area contributed by atoms with Crippen LogP contribution in [0.25, 0.3) is 0 Å². The van der Waals surface area contributed by atoms with Gasteiger partial charge in [-0.3, -0.25) is 14.5 Å². The van der Waals surface area contributed by atoms with Gasteiger partial charge in [-0.25, -0.2) is 0 Å². The van der Waals surface area contributed by atoms with E-state index in [1.807, 2.05) is 26.0 Å². The maximum Gasteiger partial charge on any atom is 0.233 e. The summed E-state index contributed by atoms with van der Waals surface area (Å²) < 4.78 is 0. The molecule has 4 atom stereocenters. The number of hydrogen-bond donors (Lipinski definition) is 1. The van der Waals surface area contributed by atoms with Crippen molar-refractivity contribution in [3.63, 3.8) is 0 Å². The molecule has 4 nitrogen and oxygen atoms in total. The van der Waals surface area contributed by atoms with Crippen LogP contribution in [-0.2, 0) is 9.59 Å². The number of fused-ring (bicyclic) bond motifs is 1. The van der Waals surface area contributed by atoms with E-state index in [4.69, 9.17) is 0 Å². The molecule has 1 heterocycles. The lowest BCUT2D eigenvalue weighted by atomic mass is 9.64. The summed E-state index contributed by atoms with van der Waals surface area (Å²) in [6, 6.07) is -0.127. The Labute approximate surface area is 107 Å². The third-order valence-corrected chi connectivity index (χ3v) is 5.02. The van der Waals surface area contributed by atoms with Crippen LogP contribution in [0.1, 0.15) is 33.1 Å². The SMILES string of the molecule is CC1(C)C(O)CC1N1C(=O)[C@H]2CC=CC[C@H]2C1=O. The van der Waals surface area contributed by atoms with E-state index in [0.29, 0.717) is 19.3 Å². The molecule has 0 bridgehead atoms. The molecule has 98 valence electrons. The minimum atomic E-state index is -0.413. The van der Waals surface area contributed by atoms with Gasteiger partial charge in [-0.1, -0.05) is 26.0 Å². The highest BCUT2D eigenvalue weighted by molar-refractivity contribution is 6.06. The van der Waals surface area contributed by atoms with Gasteiger partial charge in [-0.05, 0) is 19.3 Å². The van der Waals surface area contributed by atoms with E-state index in [9.17, 15) is 14.7 Å². The Hall–Kier alpha value is -1.16. The number of imide groups is 1. The molecule has 0 spiro atoms. The van der Waals surface area contributed by atoms with Gasteiger partial charge in [0.2, 0.25) is 11.8 Å². The first-order chi connectivity index (χ1) is 8.44. The van der Waals surface area contributed by atoms with Crippen molar-refractivity contribution < 1.29 is 14.7 Å². The van der Waals surface area contributed by atoms with Crippen LogP contribution in [0.5, 0.6) is 0 Å². The predicted octanol–water partition coefficient (Wildman–Crippen LogP) is 1.10. The van der Waals surface area contributed by atoms with Gasteiger partial charge in [0.05, 0.1) is 17.9 Å². The van der Waals surface area contributed by atoms with Gasteiger partial charge in [0, 0.05) is 11.5 Å². The van der Waals surface area contributed by atoms with Crippen LogP contribution in [0.2, 0.25) is 0 Å². The monoisotopic (exact) mass is 249 g/mol. The normalized spacial score (nSPS) is 41.8. The summed E-state index contributed by atoms with van der Waals surface area (Å²) in [7, 11) is 0. The largest absolute Gasteiger partial charge is 0.392 e. The van der Waals surface area contributed by atoms with Crippen molar-refractivity contribution in [3.05, 3.63) is 12.2 Å². The molecule has 2 unspecified atom stereocenters. The Morgan fingerprint density at radius 2 is 1.67 bits per heavy atom. The minimum absolute atomic E-state index is 0.0284. The maximum absolute atomic E-state index is 12.4. The third-order valence-electron chi connectivity index (χ3n) is 5.02. The van der Waals surface area contributed by atoms with Crippen molar-refractivity contribution in [1.29, 1.82) is 0 Å². The number of carbonyl (C=O) groups excluding carboxylic acids is 2. The zero-order valence-corrected chi connectivity index (χ0v) is 10.8. The van der Waals surface area contributed by atoms with Crippen LogP contribution < -0.4 is 0 Å². The van der Waals surface area contributed by atoms with Crippen LogP contribution in [0, 0.1) is 17.3 Å². The van der Waals surface area contributed by atoms with Crippen molar-refractivity contribution in [2.75, 3.05) is 0 Å². The molecule has 0 radical (unpaired) electrons. The van der Waals surface area contributed by atoms with Crippen molar-refractivity contribution >= 4 is 11.8 Å². The standard InChI is InChI=1S/C14H19NO3/c1-14(2)10(7-11(14)16)15-12(17)8-5-3-4-6-9(8)13(15)18/h3-4,8-11,16H,5-7H2,1-2H3/t8-,9+,10?,11?. The summed E-state index contributed by atoms with van der Waals surface area (Å²) in [5, 5.41) is 9.78. The summed E-state index contributed by atoms with van der Waals surface area (Å²) >= 11 is 0. The summed E-state index contributed by atoms with van der Waals surface area (Å²) in [6.07, 6.45) is 5.47. The average molecular weight is 249 g/mol. The average Bonchev–Trinajstić information content (AvgIpc) is 2.60. The molecule has 3 aliphatic rings. The highest BCUT2D eigenvalue weighted by Crippen LogP contribution is 2.48. The quantitative estimate of drug-likeness (QED) is 0.559. The van der Waals surface area contributed by atoms with Gasteiger partial charge in [-0.2, -0.15) is 0 Å². The first-order valence-electron chi connectivity index (χ1n) is 6.64. The number of rotatable bonds is 1. The lowest BCUT2D eigenvalue weighted by molar-refractivity contribution is -0.163. The van der Waals surface area contributed by atoms with Gasteiger partial charge in [0.15, 0.2) is 0 Å². The Morgan fingerprint density at radius 3 is 2.06 bits per heavy atom. The van der Waals surface area contributed by atoms with Gasteiger partial charge < -0.3 is 5.11 Å².